The van der Waals surface area contributed by atoms with E-state index in [0.29, 0.717) is 6.42 Å². The minimum Gasteiger partial charge on any atom is -0.459 e. The van der Waals surface area contributed by atoms with Crippen LogP contribution in [0, 0.1) is 5.92 Å². The van der Waals surface area contributed by atoms with Crippen molar-refractivity contribution in [3.63, 3.8) is 0 Å². The number of carbonyl (C=O) groups is 1. The van der Waals surface area contributed by atoms with Crippen molar-refractivity contribution in [2.75, 3.05) is 0 Å². The van der Waals surface area contributed by atoms with Crippen LogP contribution in [0.15, 0.2) is 30.3 Å². The van der Waals surface area contributed by atoms with Crippen molar-refractivity contribution >= 4 is 29.2 Å². The summed E-state index contributed by atoms with van der Waals surface area (Å²) in [5, 5.41) is 10.4. The van der Waals surface area contributed by atoms with E-state index in [4.69, 9.17) is 27.9 Å². The molecule has 1 aromatic rings. The second-order valence-corrected chi connectivity index (χ2v) is 6.04. The molecule has 4 atom stereocenters. The number of benzene rings is 1. The summed E-state index contributed by atoms with van der Waals surface area (Å²) < 4.78 is 5.18. The zero-order valence-electron chi connectivity index (χ0n) is 10.5. The summed E-state index contributed by atoms with van der Waals surface area (Å²) in [6.07, 6.45) is -0.965. The van der Waals surface area contributed by atoms with Gasteiger partial charge in [-0.15, -0.1) is 23.2 Å². The lowest BCUT2D eigenvalue weighted by atomic mass is 9.89. The molecular formula is C14H16Cl2O3. The van der Waals surface area contributed by atoms with Crippen LogP contribution in [0.25, 0.3) is 0 Å². The number of cyclic esters (lactones) is 1. The highest BCUT2D eigenvalue weighted by molar-refractivity contribution is 6.44. The van der Waals surface area contributed by atoms with Crippen LogP contribution in [0.5, 0.6) is 0 Å². The molecule has 19 heavy (non-hydrogen) atoms. The highest BCUT2D eigenvalue weighted by Gasteiger charge is 2.41. The second-order valence-electron chi connectivity index (χ2n) is 4.87. The molecule has 1 heterocycles. The lowest BCUT2D eigenvalue weighted by Gasteiger charge is -2.27. The van der Waals surface area contributed by atoms with Gasteiger partial charge in [-0.25, -0.2) is 0 Å². The van der Waals surface area contributed by atoms with Crippen molar-refractivity contribution < 1.29 is 14.6 Å². The molecule has 0 saturated carbocycles. The SMILES string of the molecule is CC1CC(C(O)C(c2ccccc2)C(Cl)Cl)OC1=O. The molecule has 1 fully saturated rings. The summed E-state index contributed by atoms with van der Waals surface area (Å²) in [4.78, 5) is 10.6. The van der Waals surface area contributed by atoms with Gasteiger partial charge in [0.15, 0.2) is 0 Å². The Balaban J connectivity index is 2.18. The molecule has 5 heteroatoms. The van der Waals surface area contributed by atoms with Gasteiger partial charge in [-0.1, -0.05) is 37.3 Å². The average molecular weight is 303 g/mol. The molecule has 0 amide bonds. The lowest BCUT2D eigenvalue weighted by molar-refractivity contribution is -0.148. The molecule has 1 aliphatic heterocycles. The monoisotopic (exact) mass is 302 g/mol. The van der Waals surface area contributed by atoms with Crippen molar-refractivity contribution in [3.8, 4) is 0 Å². The summed E-state index contributed by atoms with van der Waals surface area (Å²) in [6, 6.07) is 9.29. The fraction of sp³-hybridized carbons (Fsp3) is 0.500. The van der Waals surface area contributed by atoms with Gasteiger partial charge in [0.05, 0.1) is 5.92 Å². The summed E-state index contributed by atoms with van der Waals surface area (Å²) in [6.45, 7) is 1.78. The molecule has 0 bridgehead atoms. The van der Waals surface area contributed by atoms with Gasteiger partial charge in [0.25, 0.3) is 0 Å². The molecule has 0 spiro atoms. The topological polar surface area (TPSA) is 46.5 Å². The van der Waals surface area contributed by atoms with Crippen LogP contribution in [0.2, 0.25) is 0 Å². The van der Waals surface area contributed by atoms with Crippen LogP contribution in [-0.4, -0.2) is 28.1 Å². The predicted molar refractivity (Wildman–Crippen MR) is 74.3 cm³/mol. The first-order valence-electron chi connectivity index (χ1n) is 6.22. The van der Waals surface area contributed by atoms with Gasteiger partial charge < -0.3 is 9.84 Å². The first-order valence-corrected chi connectivity index (χ1v) is 7.09. The number of hydrogen-bond acceptors (Lipinski definition) is 3. The van der Waals surface area contributed by atoms with Gasteiger partial charge in [0, 0.05) is 5.92 Å². The highest BCUT2D eigenvalue weighted by Crippen LogP contribution is 2.35. The van der Waals surface area contributed by atoms with Crippen molar-refractivity contribution in [1.29, 1.82) is 0 Å². The third-order valence-electron chi connectivity index (χ3n) is 3.46. The van der Waals surface area contributed by atoms with E-state index in [1.807, 2.05) is 30.3 Å². The van der Waals surface area contributed by atoms with Gasteiger partial charge in [0.1, 0.15) is 17.0 Å². The quantitative estimate of drug-likeness (QED) is 0.687. The molecule has 4 unspecified atom stereocenters. The van der Waals surface area contributed by atoms with E-state index in [9.17, 15) is 9.90 Å². The number of aliphatic hydroxyl groups excluding tert-OH is 1. The van der Waals surface area contributed by atoms with Gasteiger partial charge >= 0.3 is 5.97 Å². The van der Waals surface area contributed by atoms with Crippen LogP contribution in [0.3, 0.4) is 0 Å². The third kappa shape index (κ3) is 3.22. The Hall–Kier alpha value is -0.770. The van der Waals surface area contributed by atoms with E-state index in [-0.39, 0.29) is 11.9 Å². The van der Waals surface area contributed by atoms with Crippen LogP contribution >= 0.6 is 23.2 Å². The maximum atomic E-state index is 11.4. The molecule has 2 rings (SSSR count). The highest BCUT2D eigenvalue weighted by atomic mass is 35.5. The van der Waals surface area contributed by atoms with Gasteiger partial charge in [-0.05, 0) is 12.0 Å². The van der Waals surface area contributed by atoms with E-state index in [2.05, 4.69) is 0 Å². The fourth-order valence-corrected chi connectivity index (χ4v) is 2.95. The Morgan fingerprint density at radius 1 is 1.32 bits per heavy atom. The molecule has 1 N–H and O–H groups in total. The number of hydrogen-bond donors (Lipinski definition) is 1. The van der Waals surface area contributed by atoms with Gasteiger partial charge in [0.2, 0.25) is 0 Å². The summed E-state index contributed by atoms with van der Waals surface area (Å²) in [5.74, 6) is -0.954. The number of halogens is 2. The molecule has 0 aromatic heterocycles. The Kier molecular flexibility index (Phi) is 4.71. The Morgan fingerprint density at radius 2 is 1.95 bits per heavy atom. The normalized spacial score (nSPS) is 26.3. The third-order valence-corrected chi connectivity index (χ3v) is 4.00. The maximum absolute atomic E-state index is 11.4. The minimum atomic E-state index is -0.906. The summed E-state index contributed by atoms with van der Waals surface area (Å²) in [7, 11) is 0. The fourth-order valence-electron chi connectivity index (χ4n) is 2.37. The first-order chi connectivity index (χ1) is 9.00. The summed E-state index contributed by atoms with van der Waals surface area (Å²) >= 11 is 12.0. The van der Waals surface area contributed by atoms with E-state index in [0.717, 1.165) is 5.56 Å². The van der Waals surface area contributed by atoms with Crippen molar-refractivity contribution in [3.05, 3.63) is 35.9 Å². The predicted octanol–water partition coefficient (Wildman–Crippen LogP) is 2.89. The maximum Gasteiger partial charge on any atom is 0.309 e. The van der Waals surface area contributed by atoms with E-state index < -0.39 is 23.0 Å². The molecule has 1 aliphatic rings. The van der Waals surface area contributed by atoms with Gasteiger partial charge in [-0.3, -0.25) is 4.79 Å². The number of esters is 1. The molecular weight excluding hydrogens is 287 g/mol. The average Bonchev–Trinajstić information content (AvgIpc) is 2.71. The van der Waals surface area contributed by atoms with E-state index in [1.54, 1.807) is 6.92 Å². The first kappa shape index (κ1) is 14.6. The smallest absolute Gasteiger partial charge is 0.309 e. The molecule has 1 aromatic carbocycles. The molecule has 0 aliphatic carbocycles. The van der Waals surface area contributed by atoms with E-state index in [1.165, 1.54) is 0 Å². The molecule has 3 nitrogen and oxygen atoms in total. The lowest BCUT2D eigenvalue weighted by Crippen LogP contribution is -2.35. The van der Waals surface area contributed by atoms with Crippen molar-refractivity contribution in [2.45, 2.75) is 36.3 Å². The van der Waals surface area contributed by atoms with Gasteiger partial charge in [-0.2, -0.15) is 0 Å². The number of aliphatic hydroxyl groups is 1. The molecule has 104 valence electrons. The zero-order valence-corrected chi connectivity index (χ0v) is 12.0. The largest absolute Gasteiger partial charge is 0.459 e. The second kappa shape index (κ2) is 6.12. The number of alkyl halides is 2. The zero-order chi connectivity index (χ0) is 14.0. The van der Waals surface area contributed by atoms with Crippen LogP contribution in [0.4, 0.5) is 0 Å². The Labute approximate surface area is 122 Å². The van der Waals surface area contributed by atoms with Crippen LogP contribution in [-0.2, 0) is 9.53 Å². The van der Waals surface area contributed by atoms with Crippen LogP contribution < -0.4 is 0 Å². The molecule has 1 saturated heterocycles. The minimum absolute atomic E-state index is 0.194. The molecule has 0 radical (unpaired) electrons. The number of ether oxygens (including phenoxy) is 1. The van der Waals surface area contributed by atoms with Crippen LogP contribution in [0.1, 0.15) is 24.8 Å². The van der Waals surface area contributed by atoms with Crippen molar-refractivity contribution in [2.24, 2.45) is 5.92 Å². The summed E-state index contributed by atoms with van der Waals surface area (Å²) in [5.41, 5.74) is 0.834. The Morgan fingerprint density at radius 3 is 2.42 bits per heavy atom. The number of carbonyl (C=O) groups excluding carboxylic acids is 1. The standard InChI is InChI=1S/C14H16Cl2O3/c1-8-7-10(19-14(8)18)12(17)11(13(15)16)9-5-3-2-4-6-9/h2-6,8,10-13,17H,7H2,1H3. The number of rotatable bonds is 4. The Bertz CT molecular complexity index is 436. The van der Waals surface area contributed by atoms with Crippen molar-refractivity contribution in [1.82, 2.24) is 0 Å². The van der Waals surface area contributed by atoms with E-state index >= 15 is 0 Å².